The summed E-state index contributed by atoms with van der Waals surface area (Å²) in [6, 6.07) is 60.7. The summed E-state index contributed by atoms with van der Waals surface area (Å²) >= 11 is -2.84. The predicted octanol–water partition coefficient (Wildman–Crippen LogP) is 3.68. The molecule has 0 nitrogen and oxygen atoms in total. The molecule has 3 heteroatoms. The summed E-state index contributed by atoms with van der Waals surface area (Å²) in [6.07, 6.45) is 4.60. The van der Waals surface area contributed by atoms with E-state index < -0.39 is 21.3 Å². The zero-order valence-electron chi connectivity index (χ0n) is 25.3. The van der Waals surface area contributed by atoms with Gasteiger partial charge < -0.3 is 24.8 Å². The second-order valence-corrected chi connectivity index (χ2v) is 17.6. The predicted molar refractivity (Wildman–Crippen MR) is 183 cm³/mol. The van der Waals surface area contributed by atoms with Gasteiger partial charge in [0.2, 0.25) is 0 Å². The summed E-state index contributed by atoms with van der Waals surface area (Å²) in [5.41, 5.74) is 14.0. The van der Waals surface area contributed by atoms with Crippen molar-refractivity contribution in [2.75, 3.05) is 0 Å². The number of fused-ring (bicyclic) bond motifs is 3. The minimum absolute atomic E-state index is 0. The van der Waals surface area contributed by atoms with Gasteiger partial charge in [-0.1, -0.05) is 0 Å². The molecule has 0 unspecified atom stereocenters. The fourth-order valence-electron chi connectivity index (χ4n) is 7.06. The molecule has 222 valence electrons. The Morgan fingerprint density at radius 3 is 1.61 bits per heavy atom. The minimum atomic E-state index is -2.84. The monoisotopic (exact) mass is 708 g/mol. The third-order valence-electron chi connectivity index (χ3n) is 9.03. The molecule has 0 bridgehead atoms. The molecular weight excluding hydrogens is 679 g/mol. The van der Waals surface area contributed by atoms with Crippen LogP contribution in [-0.4, -0.2) is 3.21 Å². The Labute approximate surface area is 292 Å². The van der Waals surface area contributed by atoms with Gasteiger partial charge in [0, 0.05) is 0 Å². The molecule has 0 amide bonds. The van der Waals surface area contributed by atoms with Gasteiger partial charge in [-0.15, -0.1) is 0 Å². The summed E-state index contributed by atoms with van der Waals surface area (Å²) in [6.45, 7) is 0. The molecule has 0 heterocycles. The number of hydrogen-bond donors (Lipinski definition) is 0. The standard InChI is InChI=1S/C17H13.C13H9.C13H10.2ClH.Zr/c1-3-8-14(9-4-1)16-12-7-13-17(16)15-10-5-2-6-11-15;1-3-7-12-10(5-1)9-11-6-2-4-8-13(11)12;1-3-7-12(8-4-1)11-13-9-5-2-6-10-13;;;/h1-6,8-12H,13H2;1-5,7-8H,9H2;1-10H;2*1H;/q;;;;;+2/p-2. The average Bonchev–Trinajstić information content (AvgIpc) is 3.71. The van der Waals surface area contributed by atoms with Crippen molar-refractivity contribution < 1.29 is 46.1 Å². The molecule has 0 radical (unpaired) electrons. The summed E-state index contributed by atoms with van der Waals surface area (Å²) < 4.78 is 4.81. The second-order valence-electron chi connectivity index (χ2n) is 11.6. The van der Waals surface area contributed by atoms with Crippen molar-refractivity contribution in [3.05, 3.63) is 207 Å². The summed E-state index contributed by atoms with van der Waals surface area (Å²) in [4.78, 5) is 0. The molecule has 0 N–H and O–H groups in total. The van der Waals surface area contributed by atoms with Crippen LogP contribution in [0.5, 0.6) is 0 Å². The maximum atomic E-state index is 2.60. The summed E-state index contributed by atoms with van der Waals surface area (Å²) in [5.74, 6) is 0. The zero-order valence-corrected chi connectivity index (χ0v) is 29.3. The van der Waals surface area contributed by atoms with Crippen LogP contribution >= 0.6 is 0 Å². The minimum Gasteiger partial charge on any atom is -1.00 e. The first-order valence-corrected chi connectivity index (χ1v) is 19.1. The second kappa shape index (κ2) is 14.3. The van der Waals surface area contributed by atoms with Crippen LogP contribution in [0.2, 0.25) is 0 Å². The van der Waals surface area contributed by atoms with Gasteiger partial charge in [0.05, 0.1) is 0 Å². The molecule has 0 atom stereocenters. The summed E-state index contributed by atoms with van der Waals surface area (Å²) in [7, 11) is 0. The summed E-state index contributed by atoms with van der Waals surface area (Å²) in [5, 5.41) is 0. The number of rotatable bonds is 6. The van der Waals surface area contributed by atoms with E-state index in [1.54, 1.807) is 15.3 Å². The molecule has 6 aromatic carbocycles. The van der Waals surface area contributed by atoms with E-state index in [2.05, 4.69) is 170 Å². The molecular formula is C43H32Cl2Zr. The first-order valence-electron chi connectivity index (χ1n) is 15.5. The van der Waals surface area contributed by atoms with E-state index in [-0.39, 0.29) is 24.8 Å². The van der Waals surface area contributed by atoms with Crippen LogP contribution in [0.3, 0.4) is 0 Å². The Morgan fingerprint density at radius 1 is 0.457 bits per heavy atom. The molecule has 6 aromatic rings. The third kappa shape index (κ3) is 6.01. The van der Waals surface area contributed by atoms with Gasteiger partial charge >= 0.3 is 269 Å². The number of allylic oxidation sites excluding steroid dienone is 4. The molecule has 46 heavy (non-hydrogen) atoms. The van der Waals surface area contributed by atoms with Gasteiger partial charge in [-0.25, -0.2) is 0 Å². The first-order chi connectivity index (χ1) is 21.8. The smallest absolute Gasteiger partial charge is 1.00 e. The van der Waals surface area contributed by atoms with Crippen molar-refractivity contribution in [3.8, 4) is 11.1 Å². The molecule has 2 aliphatic rings. The number of hydrogen-bond acceptors (Lipinski definition) is 0. The van der Waals surface area contributed by atoms with E-state index >= 15 is 0 Å². The van der Waals surface area contributed by atoms with Crippen LogP contribution in [0.15, 0.2) is 173 Å². The Kier molecular flexibility index (Phi) is 9.96. The van der Waals surface area contributed by atoms with E-state index in [0.717, 1.165) is 12.8 Å². The van der Waals surface area contributed by atoms with Crippen LogP contribution in [0, 0.1) is 0 Å². The SMILES string of the molecule is C1=[C]([Zr+2](=[C](c2ccccc2)c2ccccc2)[c]2cccc3c2Cc2ccccc2-3)CC(c2ccccc2)=C1c1ccccc1.[Cl-].[Cl-]. The van der Waals surface area contributed by atoms with E-state index in [4.69, 9.17) is 0 Å². The van der Waals surface area contributed by atoms with Crippen LogP contribution in [0.4, 0.5) is 0 Å². The largest absolute Gasteiger partial charge is 1.00 e. The number of benzene rings is 6. The van der Waals surface area contributed by atoms with Crippen molar-refractivity contribution >= 4 is 17.6 Å². The first kappa shape index (κ1) is 32.1. The molecule has 0 aliphatic heterocycles. The molecule has 0 spiro atoms. The Hall–Kier alpha value is -3.87. The maximum absolute atomic E-state index is 2.84. The Balaban J connectivity index is 0.00000186. The van der Waals surface area contributed by atoms with Gasteiger partial charge in [-0.2, -0.15) is 0 Å². The quantitative estimate of drug-likeness (QED) is 0.247. The van der Waals surface area contributed by atoms with E-state index in [0.29, 0.717) is 0 Å². The van der Waals surface area contributed by atoms with Crippen LogP contribution < -0.4 is 28.1 Å². The zero-order chi connectivity index (χ0) is 29.3. The van der Waals surface area contributed by atoms with Crippen LogP contribution in [0.25, 0.3) is 22.3 Å². The molecule has 0 saturated heterocycles. The van der Waals surface area contributed by atoms with Crippen LogP contribution in [0.1, 0.15) is 39.8 Å². The van der Waals surface area contributed by atoms with Crippen molar-refractivity contribution in [2.45, 2.75) is 12.8 Å². The maximum Gasteiger partial charge on any atom is -1.00 e. The van der Waals surface area contributed by atoms with Gasteiger partial charge in [-0.3, -0.25) is 0 Å². The van der Waals surface area contributed by atoms with Crippen LogP contribution in [-0.2, 0) is 27.7 Å². The normalized spacial score (nSPS) is 12.5. The van der Waals surface area contributed by atoms with E-state index in [9.17, 15) is 0 Å². The van der Waals surface area contributed by atoms with Gasteiger partial charge in [0.1, 0.15) is 0 Å². The fourth-order valence-corrected chi connectivity index (χ4v) is 15.1. The molecule has 0 fully saturated rings. The molecule has 0 aromatic heterocycles. The van der Waals surface area contributed by atoms with Gasteiger partial charge in [0.15, 0.2) is 0 Å². The van der Waals surface area contributed by atoms with Crippen molar-refractivity contribution in [1.29, 1.82) is 0 Å². The van der Waals surface area contributed by atoms with Crippen molar-refractivity contribution in [3.63, 3.8) is 0 Å². The van der Waals surface area contributed by atoms with Gasteiger partial charge in [0.25, 0.3) is 0 Å². The van der Waals surface area contributed by atoms with Crippen molar-refractivity contribution in [2.24, 2.45) is 0 Å². The topological polar surface area (TPSA) is 0 Å². The van der Waals surface area contributed by atoms with E-state index in [1.165, 1.54) is 50.1 Å². The molecule has 0 saturated carbocycles. The van der Waals surface area contributed by atoms with Gasteiger partial charge in [-0.05, 0) is 0 Å². The van der Waals surface area contributed by atoms with Crippen molar-refractivity contribution in [1.82, 2.24) is 0 Å². The third-order valence-corrected chi connectivity index (χ3v) is 16.5. The van der Waals surface area contributed by atoms with E-state index in [1.807, 2.05) is 0 Å². The molecule has 8 rings (SSSR count). The fraction of sp³-hybridized carbons (Fsp3) is 0.0465. The Morgan fingerprint density at radius 2 is 0.978 bits per heavy atom. The average molecular weight is 711 g/mol. The molecule has 2 aliphatic carbocycles. The number of halogens is 2. The Bertz CT molecular complexity index is 2040.